The molecule has 162 valence electrons. The monoisotopic (exact) mass is 403 g/mol. The Morgan fingerprint density at radius 3 is 2.21 bits per heavy atom. The van der Waals surface area contributed by atoms with Crippen LogP contribution < -0.4 is 15.3 Å². The van der Waals surface area contributed by atoms with E-state index >= 15 is 0 Å². The van der Waals surface area contributed by atoms with Gasteiger partial charge in [-0.3, -0.25) is 14.8 Å². The molecule has 0 aliphatic carbocycles. The SMILES string of the molecule is CC(C)(C)C(=O)N(CCCCCCC(=O)NO)c1ccc(N2CCCCC2)cc1. The minimum Gasteiger partial charge on any atom is -0.372 e. The molecule has 0 atom stereocenters. The van der Waals surface area contributed by atoms with Crippen LogP contribution in [0, 0.1) is 5.41 Å². The first-order valence-corrected chi connectivity index (χ1v) is 10.9. The number of carbonyl (C=O) groups excluding carboxylic acids is 2. The molecule has 1 saturated heterocycles. The molecule has 1 aromatic rings. The molecule has 2 rings (SSSR count). The van der Waals surface area contributed by atoms with Crippen LogP contribution in [0.5, 0.6) is 0 Å². The van der Waals surface area contributed by atoms with E-state index in [1.165, 1.54) is 24.9 Å². The van der Waals surface area contributed by atoms with E-state index in [1.54, 1.807) is 5.48 Å². The van der Waals surface area contributed by atoms with Crippen LogP contribution in [-0.2, 0) is 9.59 Å². The molecule has 1 aromatic carbocycles. The van der Waals surface area contributed by atoms with E-state index in [1.807, 2.05) is 25.7 Å². The summed E-state index contributed by atoms with van der Waals surface area (Å²) in [5.74, 6) is -0.216. The molecule has 1 aliphatic heterocycles. The van der Waals surface area contributed by atoms with Crippen LogP contribution >= 0.6 is 0 Å². The summed E-state index contributed by atoms with van der Waals surface area (Å²) in [6.45, 7) is 8.76. The smallest absolute Gasteiger partial charge is 0.243 e. The molecule has 0 aromatic heterocycles. The Labute approximate surface area is 175 Å². The topological polar surface area (TPSA) is 72.9 Å². The molecular formula is C23H37N3O3. The molecule has 0 bridgehead atoms. The average molecular weight is 404 g/mol. The minimum absolute atomic E-state index is 0.128. The predicted molar refractivity (Wildman–Crippen MR) is 117 cm³/mol. The van der Waals surface area contributed by atoms with Crippen molar-refractivity contribution in [1.82, 2.24) is 5.48 Å². The summed E-state index contributed by atoms with van der Waals surface area (Å²) in [5.41, 5.74) is 3.40. The fourth-order valence-corrected chi connectivity index (χ4v) is 3.71. The number of benzene rings is 1. The second-order valence-corrected chi connectivity index (χ2v) is 8.97. The first-order valence-electron chi connectivity index (χ1n) is 10.9. The molecule has 1 aliphatic rings. The fraction of sp³-hybridized carbons (Fsp3) is 0.652. The highest BCUT2D eigenvalue weighted by atomic mass is 16.5. The van der Waals surface area contributed by atoms with Gasteiger partial charge in [-0.1, -0.05) is 33.6 Å². The number of amides is 2. The van der Waals surface area contributed by atoms with E-state index in [0.29, 0.717) is 13.0 Å². The molecule has 6 nitrogen and oxygen atoms in total. The molecular weight excluding hydrogens is 366 g/mol. The lowest BCUT2D eigenvalue weighted by Crippen LogP contribution is -2.40. The van der Waals surface area contributed by atoms with Crippen LogP contribution in [0.1, 0.15) is 72.1 Å². The highest BCUT2D eigenvalue weighted by molar-refractivity contribution is 5.97. The van der Waals surface area contributed by atoms with Gasteiger partial charge in [-0.25, -0.2) is 5.48 Å². The van der Waals surface area contributed by atoms with Crippen molar-refractivity contribution in [1.29, 1.82) is 0 Å². The summed E-state index contributed by atoms with van der Waals surface area (Å²) >= 11 is 0. The molecule has 1 fully saturated rings. The molecule has 1 heterocycles. The Hall–Kier alpha value is -2.08. The Morgan fingerprint density at radius 1 is 1.00 bits per heavy atom. The zero-order valence-electron chi connectivity index (χ0n) is 18.2. The number of hydrogen-bond donors (Lipinski definition) is 2. The van der Waals surface area contributed by atoms with Crippen molar-refractivity contribution in [3.63, 3.8) is 0 Å². The van der Waals surface area contributed by atoms with Crippen LogP contribution in [0.25, 0.3) is 0 Å². The minimum atomic E-state index is -0.440. The third-order valence-electron chi connectivity index (χ3n) is 5.43. The number of rotatable bonds is 9. The van der Waals surface area contributed by atoms with Crippen LogP contribution in [0.15, 0.2) is 24.3 Å². The van der Waals surface area contributed by atoms with Crippen molar-refractivity contribution in [3.8, 4) is 0 Å². The Bertz CT molecular complexity index is 646. The number of nitrogens with one attached hydrogen (secondary N) is 1. The van der Waals surface area contributed by atoms with Crippen molar-refractivity contribution in [3.05, 3.63) is 24.3 Å². The van der Waals surface area contributed by atoms with Crippen LogP contribution in [0.4, 0.5) is 11.4 Å². The zero-order chi connectivity index (χ0) is 21.3. The van der Waals surface area contributed by atoms with Gasteiger partial charge < -0.3 is 9.80 Å². The van der Waals surface area contributed by atoms with Crippen molar-refractivity contribution in [2.75, 3.05) is 29.4 Å². The Balaban J connectivity index is 1.96. The number of piperidine rings is 1. The normalized spacial score (nSPS) is 14.6. The van der Waals surface area contributed by atoms with E-state index in [0.717, 1.165) is 44.5 Å². The lowest BCUT2D eigenvalue weighted by molar-refractivity contribution is -0.129. The van der Waals surface area contributed by atoms with Gasteiger partial charge in [0, 0.05) is 42.8 Å². The van der Waals surface area contributed by atoms with Gasteiger partial charge >= 0.3 is 0 Å². The van der Waals surface area contributed by atoms with E-state index in [-0.39, 0.29) is 11.8 Å². The van der Waals surface area contributed by atoms with E-state index in [9.17, 15) is 9.59 Å². The number of unbranched alkanes of at least 4 members (excludes halogenated alkanes) is 3. The molecule has 0 radical (unpaired) electrons. The molecule has 6 heteroatoms. The van der Waals surface area contributed by atoms with Crippen molar-refractivity contribution in [2.24, 2.45) is 5.41 Å². The third kappa shape index (κ3) is 7.35. The second kappa shape index (κ2) is 11.2. The van der Waals surface area contributed by atoms with Gasteiger partial charge in [0.25, 0.3) is 0 Å². The number of nitrogens with zero attached hydrogens (tertiary/aromatic N) is 2. The number of anilines is 2. The molecule has 0 saturated carbocycles. The van der Waals surface area contributed by atoms with Crippen LogP contribution in [-0.4, -0.2) is 36.7 Å². The van der Waals surface area contributed by atoms with Crippen LogP contribution in [0.2, 0.25) is 0 Å². The quantitative estimate of drug-likeness (QED) is 0.361. The fourth-order valence-electron chi connectivity index (χ4n) is 3.71. The van der Waals surface area contributed by atoms with Crippen LogP contribution in [0.3, 0.4) is 0 Å². The summed E-state index contributed by atoms with van der Waals surface area (Å²) in [7, 11) is 0. The lowest BCUT2D eigenvalue weighted by Gasteiger charge is -2.31. The van der Waals surface area contributed by atoms with Gasteiger partial charge in [-0.05, 0) is 56.4 Å². The van der Waals surface area contributed by atoms with Gasteiger partial charge in [-0.15, -0.1) is 0 Å². The van der Waals surface area contributed by atoms with Gasteiger partial charge in [0.2, 0.25) is 11.8 Å². The largest absolute Gasteiger partial charge is 0.372 e. The highest BCUT2D eigenvalue weighted by Crippen LogP contribution is 2.27. The second-order valence-electron chi connectivity index (χ2n) is 8.97. The zero-order valence-corrected chi connectivity index (χ0v) is 18.2. The molecule has 29 heavy (non-hydrogen) atoms. The summed E-state index contributed by atoms with van der Waals surface area (Å²) in [6, 6.07) is 8.41. The average Bonchev–Trinajstić information content (AvgIpc) is 2.72. The van der Waals surface area contributed by atoms with Crippen molar-refractivity contribution in [2.45, 2.75) is 72.1 Å². The summed E-state index contributed by atoms with van der Waals surface area (Å²) in [6.07, 6.45) is 7.61. The van der Waals surface area contributed by atoms with E-state index < -0.39 is 5.41 Å². The first kappa shape index (κ1) is 23.2. The standard InChI is InChI=1S/C23H37N3O3/c1-23(2,3)22(28)26(18-10-5-4-7-11-21(27)24-29)20-14-12-19(13-15-20)25-16-8-6-9-17-25/h12-15,29H,4-11,16-18H2,1-3H3,(H,24,27). The van der Waals surface area contributed by atoms with E-state index in [2.05, 4.69) is 29.2 Å². The van der Waals surface area contributed by atoms with E-state index in [4.69, 9.17) is 5.21 Å². The molecule has 2 amide bonds. The predicted octanol–water partition coefficient (Wildman–Crippen LogP) is 4.51. The number of carbonyl (C=O) groups is 2. The lowest BCUT2D eigenvalue weighted by atomic mass is 9.94. The van der Waals surface area contributed by atoms with Gasteiger partial charge in [0.05, 0.1) is 0 Å². The summed E-state index contributed by atoms with van der Waals surface area (Å²) in [4.78, 5) is 28.4. The number of hydrogen-bond acceptors (Lipinski definition) is 4. The maximum atomic E-state index is 13.0. The Morgan fingerprint density at radius 2 is 1.62 bits per heavy atom. The maximum absolute atomic E-state index is 13.0. The third-order valence-corrected chi connectivity index (χ3v) is 5.43. The van der Waals surface area contributed by atoms with Crippen molar-refractivity contribution >= 4 is 23.2 Å². The molecule has 2 N–H and O–H groups in total. The maximum Gasteiger partial charge on any atom is 0.243 e. The Kier molecular flexibility index (Phi) is 8.96. The highest BCUT2D eigenvalue weighted by Gasteiger charge is 2.28. The molecule has 0 spiro atoms. The van der Waals surface area contributed by atoms with Gasteiger partial charge in [-0.2, -0.15) is 0 Å². The number of hydroxylamine groups is 1. The van der Waals surface area contributed by atoms with Gasteiger partial charge in [0.15, 0.2) is 0 Å². The summed E-state index contributed by atoms with van der Waals surface area (Å²) < 4.78 is 0. The van der Waals surface area contributed by atoms with Gasteiger partial charge in [0.1, 0.15) is 0 Å². The molecule has 0 unspecified atom stereocenters. The first-order chi connectivity index (χ1) is 13.8. The van der Waals surface area contributed by atoms with Crippen molar-refractivity contribution < 1.29 is 14.8 Å². The summed E-state index contributed by atoms with van der Waals surface area (Å²) in [5, 5.41) is 8.53.